The van der Waals surface area contributed by atoms with Crippen LogP contribution in [0.3, 0.4) is 0 Å². The molecule has 2 fully saturated rings. The van der Waals surface area contributed by atoms with Crippen LogP contribution in [0.5, 0.6) is 0 Å². The lowest BCUT2D eigenvalue weighted by molar-refractivity contribution is -0.118. The van der Waals surface area contributed by atoms with Crippen molar-refractivity contribution in [2.24, 2.45) is 11.7 Å². The summed E-state index contributed by atoms with van der Waals surface area (Å²) >= 11 is 0. The summed E-state index contributed by atoms with van der Waals surface area (Å²) in [6.07, 6.45) is 2.40. The molecule has 224 valence electrons. The van der Waals surface area contributed by atoms with Gasteiger partial charge >= 0.3 is 6.03 Å². The van der Waals surface area contributed by atoms with Crippen molar-refractivity contribution >= 4 is 22.7 Å². The third kappa shape index (κ3) is 8.31. The molecule has 3 N–H and O–H groups in total. The van der Waals surface area contributed by atoms with Crippen molar-refractivity contribution in [1.29, 1.82) is 0 Å². The van der Waals surface area contributed by atoms with E-state index in [1.54, 1.807) is 0 Å². The highest BCUT2D eigenvalue weighted by Crippen LogP contribution is 2.25. The van der Waals surface area contributed by atoms with Crippen molar-refractivity contribution in [3.05, 3.63) is 83.4 Å². The van der Waals surface area contributed by atoms with E-state index in [1.807, 2.05) is 17.0 Å². The number of ether oxygens (including phenoxy) is 1. The summed E-state index contributed by atoms with van der Waals surface area (Å²) in [5, 5.41) is 5.63. The second-order valence-corrected chi connectivity index (χ2v) is 11.8. The van der Waals surface area contributed by atoms with Crippen LogP contribution in [-0.2, 0) is 22.6 Å². The summed E-state index contributed by atoms with van der Waals surface area (Å²) in [4.78, 5) is 31.7. The van der Waals surface area contributed by atoms with Crippen LogP contribution in [0.25, 0.3) is 10.8 Å². The third-order valence-corrected chi connectivity index (χ3v) is 8.59. The maximum atomic E-state index is 13.7. The number of hydrogen-bond acceptors (Lipinski definition) is 5. The third-order valence-electron chi connectivity index (χ3n) is 8.59. The maximum Gasteiger partial charge on any atom is 0.318 e. The number of carbonyl (C=O) groups excluding carboxylic acids is 2. The van der Waals surface area contributed by atoms with E-state index < -0.39 is 0 Å². The quantitative estimate of drug-likeness (QED) is 0.333. The zero-order valence-electron chi connectivity index (χ0n) is 24.8. The molecule has 2 atom stereocenters. The topological polar surface area (TPSA) is 91.1 Å². The van der Waals surface area contributed by atoms with Crippen LogP contribution in [-0.4, -0.2) is 79.1 Å². The molecule has 2 aliphatic heterocycles. The lowest BCUT2D eigenvalue weighted by Gasteiger charge is -2.29. The van der Waals surface area contributed by atoms with E-state index in [0.717, 1.165) is 76.5 Å². The van der Waals surface area contributed by atoms with Crippen LogP contribution in [0, 0.1) is 5.92 Å². The number of primary amides is 1. The summed E-state index contributed by atoms with van der Waals surface area (Å²) in [5.74, 6) is 0.152. The second kappa shape index (κ2) is 14.6. The highest BCUT2D eigenvalue weighted by molar-refractivity contribution is 5.86. The minimum absolute atomic E-state index is 0.0425. The molecule has 0 unspecified atom stereocenters. The van der Waals surface area contributed by atoms with E-state index in [1.165, 1.54) is 16.3 Å². The number of hydrogen-bond donors (Lipinski definition) is 2. The number of likely N-dealkylation sites (tertiary alicyclic amines) is 1. The van der Waals surface area contributed by atoms with Crippen molar-refractivity contribution in [3.63, 3.8) is 0 Å². The van der Waals surface area contributed by atoms with Gasteiger partial charge in [-0.25, -0.2) is 4.79 Å². The van der Waals surface area contributed by atoms with Crippen molar-refractivity contribution < 1.29 is 14.3 Å². The maximum absolute atomic E-state index is 13.7. The SMILES string of the molecule is C[C@H](NC(=O)N(CCCN1CCOCC1)Cc1ccc(CN2CC[C@@H](CC(N)=O)C2)cc1)c1cccc2ccccc12. The van der Waals surface area contributed by atoms with Crippen molar-refractivity contribution in [1.82, 2.24) is 20.0 Å². The van der Waals surface area contributed by atoms with Gasteiger partial charge in [-0.1, -0.05) is 66.7 Å². The fourth-order valence-corrected chi connectivity index (χ4v) is 6.28. The molecule has 0 saturated carbocycles. The van der Waals surface area contributed by atoms with Crippen molar-refractivity contribution in [3.8, 4) is 0 Å². The standard InChI is InChI=1S/C34H45N5O3/c1-26(31-9-4-7-30-6-2-3-8-32(30)31)36-34(41)39(16-5-15-37-18-20-42-21-19-37)25-28-12-10-27(11-13-28)23-38-17-14-29(24-38)22-33(35)40/h2-4,6-13,26,29H,5,14-25H2,1H3,(H2,35,40)(H,36,41)/t26-,29-/m0/s1. The first-order valence-electron chi connectivity index (χ1n) is 15.4. The highest BCUT2D eigenvalue weighted by atomic mass is 16.5. The van der Waals surface area contributed by atoms with Gasteiger partial charge in [0.1, 0.15) is 0 Å². The molecule has 2 aliphatic rings. The molecule has 0 aromatic heterocycles. The molecule has 0 radical (unpaired) electrons. The van der Waals surface area contributed by atoms with Crippen molar-refractivity contribution in [2.45, 2.75) is 45.3 Å². The first-order chi connectivity index (χ1) is 20.4. The Morgan fingerprint density at radius 3 is 2.50 bits per heavy atom. The number of nitrogens with zero attached hydrogens (tertiary/aromatic N) is 3. The Labute approximate surface area is 249 Å². The zero-order chi connectivity index (χ0) is 29.3. The average molecular weight is 572 g/mol. The summed E-state index contributed by atoms with van der Waals surface area (Å²) in [5.41, 5.74) is 8.88. The number of benzene rings is 3. The van der Waals surface area contributed by atoms with E-state index in [4.69, 9.17) is 10.5 Å². The minimum atomic E-state index is -0.212. The molecule has 3 amide bonds. The summed E-state index contributed by atoms with van der Waals surface area (Å²) in [6, 6.07) is 23.0. The fourth-order valence-electron chi connectivity index (χ4n) is 6.28. The molecule has 3 aromatic rings. The number of carbonyl (C=O) groups is 2. The van der Waals surface area contributed by atoms with E-state index >= 15 is 0 Å². The zero-order valence-corrected chi connectivity index (χ0v) is 24.8. The predicted octanol–water partition coefficient (Wildman–Crippen LogP) is 4.53. The van der Waals surface area contributed by atoms with Gasteiger partial charge in [0.2, 0.25) is 5.91 Å². The molecule has 3 aromatic carbocycles. The summed E-state index contributed by atoms with van der Waals surface area (Å²) in [7, 11) is 0. The van der Waals surface area contributed by atoms with Gasteiger partial charge in [-0.3, -0.25) is 14.6 Å². The van der Waals surface area contributed by atoms with Crippen LogP contribution in [0.2, 0.25) is 0 Å². The molecule has 8 nitrogen and oxygen atoms in total. The average Bonchev–Trinajstić information content (AvgIpc) is 3.43. The van der Waals surface area contributed by atoms with E-state index in [9.17, 15) is 9.59 Å². The van der Waals surface area contributed by atoms with E-state index in [-0.39, 0.29) is 18.0 Å². The molecular formula is C34H45N5O3. The Kier molecular flexibility index (Phi) is 10.5. The van der Waals surface area contributed by atoms with Gasteiger partial charge in [-0.2, -0.15) is 0 Å². The molecule has 42 heavy (non-hydrogen) atoms. The van der Waals surface area contributed by atoms with Crippen LogP contribution in [0.15, 0.2) is 66.7 Å². The Bertz CT molecular complexity index is 1320. The van der Waals surface area contributed by atoms with E-state index in [0.29, 0.717) is 25.4 Å². The lowest BCUT2D eigenvalue weighted by Crippen LogP contribution is -2.43. The molecular weight excluding hydrogens is 526 g/mol. The van der Waals surface area contributed by atoms with Crippen LogP contribution in [0.1, 0.15) is 48.9 Å². The van der Waals surface area contributed by atoms with Gasteiger partial charge in [-0.15, -0.1) is 0 Å². The van der Waals surface area contributed by atoms with Gasteiger partial charge in [-0.05, 0) is 59.7 Å². The molecule has 0 spiro atoms. The smallest absolute Gasteiger partial charge is 0.318 e. The Morgan fingerprint density at radius 2 is 1.71 bits per heavy atom. The Balaban J connectivity index is 1.22. The van der Waals surface area contributed by atoms with Gasteiger partial charge < -0.3 is 20.7 Å². The number of amides is 3. The largest absolute Gasteiger partial charge is 0.379 e. The minimum Gasteiger partial charge on any atom is -0.379 e. The van der Waals surface area contributed by atoms with Gasteiger partial charge in [0, 0.05) is 52.2 Å². The summed E-state index contributed by atoms with van der Waals surface area (Å²) in [6.45, 7) is 10.5. The number of morpholine rings is 1. The Hall–Kier alpha value is -3.46. The number of rotatable bonds is 12. The molecule has 0 bridgehead atoms. The molecule has 5 rings (SSSR count). The highest BCUT2D eigenvalue weighted by Gasteiger charge is 2.24. The Morgan fingerprint density at radius 1 is 0.976 bits per heavy atom. The lowest BCUT2D eigenvalue weighted by atomic mass is 10.00. The summed E-state index contributed by atoms with van der Waals surface area (Å²) < 4.78 is 5.49. The van der Waals surface area contributed by atoms with Gasteiger partial charge in [0.05, 0.1) is 19.3 Å². The van der Waals surface area contributed by atoms with E-state index in [2.05, 4.69) is 76.6 Å². The molecule has 2 heterocycles. The molecule has 0 aliphatic carbocycles. The first-order valence-corrected chi connectivity index (χ1v) is 15.4. The molecule has 8 heteroatoms. The second-order valence-electron chi connectivity index (χ2n) is 11.8. The predicted molar refractivity (Wildman–Crippen MR) is 167 cm³/mol. The number of urea groups is 1. The van der Waals surface area contributed by atoms with Gasteiger partial charge in [0.25, 0.3) is 0 Å². The number of fused-ring (bicyclic) bond motifs is 1. The number of nitrogens with one attached hydrogen (secondary N) is 1. The van der Waals surface area contributed by atoms with Crippen LogP contribution in [0.4, 0.5) is 4.79 Å². The molecule has 2 saturated heterocycles. The van der Waals surface area contributed by atoms with Crippen molar-refractivity contribution in [2.75, 3.05) is 52.5 Å². The fraction of sp³-hybridized carbons (Fsp3) is 0.471. The number of nitrogens with two attached hydrogens (primary N) is 1. The monoisotopic (exact) mass is 571 g/mol. The van der Waals surface area contributed by atoms with Gasteiger partial charge in [0.15, 0.2) is 0 Å². The first kappa shape index (κ1) is 30.0. The van der Waals surface area contributed by atoms with Crippen LogP contribution >= 0.6 is 0 Å². The van der Waals surface area contributed by atoms with Crippen LogP contribution < -0.4 is 11.1 Å². The normalized spacial score (nSPS) is 18.6.